The summed E-state index contributed by atoms with van der Waals surface area (Å²) in [5.41, 5.74) is 0. The molecule has 0 heterocycles. The van der Waals surface area contributed by atoms with Crippen LogP contribution in [0.5, 0.6) is 0 Å². The van der Waals surface area contributed by atoms with E-state index in [1.807, 2.05) is 0 Å². The lowest BCUT2D eigenvalue weighted by Gasteiger charge is -2.23. The van der Waals surface area contributed by atoms with E-state index in [0.717, 1.165) is 19.6 Å². The first kappa shape index (κ1) is 9.63. The van der Waals surface area contributed by atoms with Crippen LogP contribution in [-0.4, -0.2) is 37.3 Å². The predicted octanol–water partition coefficient (Wildman–Crippen LogP) is 1.42. The number of aliphatic imine (C=N–C) groups is 1. The largest absolute Gasteiger partial charge is 0.300 e. The van der Waals surface area contributed by atoms with Crippen molar-refractivity contribution in [2.45, 2.75) is 26.8 Å². The molecule has 0 radical (unpaired) electrons. The van der Waals surface area contributed by atoms with E-state index >= 15 is 0 Å². The van der Waals surface area contributed by atoms with Crippen LogP contribution < -0.4 is 0 Å². The third-order valence-corrected chi connectivity index (χ3v) is 1.68. The highest BCUT2D eigenvalue weighted by molar-refractivity contribution is 5.23. The summed E-state index contributed by atoms with van der Waals surface area (Å²) >= 11 is 0. The summed E-state index contributed by atoms with van der Waals surface area (Å²) in [6, 6.07) is 0.631. The zero-order valence-electron chi connectivity index (χ0n) is 7.30. The van der Waals surface area contributed by atoms with Crippen LogP contribution in [0, 0.1) is 0 Å². The molecular formula is C8H18N2. The Kier molecular flexibility index (Phi) is 5.22. The molecule has 0 saturated carbocycles. The number of nitrogens with zero attached hydrogens (tertiary/aromatic N) is 2. The Morgan fingerprint density at radius 3 is 2.40 bits per heavy atom. The van der Waals surface area contributed by atoms with Gasteiger partial charge in [0.25, 0.3) is 0 Å². The number of rotatable bonds is 5. The topological polar surface area (TPSA) is 15.6 Å². The molecule has 2 heteroatoms. The van der Waals surface area contributed by atoms with Crippen LogP contribution in [0.1, 0.15) is 20.8 Å². The van der Waals surface area contributed by atoms with Crippen molar-refractivity contribution in [1.29, 1.82) is 0 Å². The first-order valence-corrected chi connectivity index (χ1v) is 3.88. The molecule has 60 valence electrons. The van der Waals surface area contributed by atoms with Crippen LogP contribution in [0.3, 0.4) is 0 Å². The highest BCUT2D eigenvalue weighted by Gasteiger charge is 2.03. The molecule has 0 aliphatic heterocycles. The Bertz CT molecular complexity index is 89.3. The molecule has 0 unspecified atom stereocenters. The lowest BCUT2D eigenvalue weighted by molar-refractivity contribution is 0.241. The summed E-state index contributed by atoms with van der Waals surface area (Å²) in [6.45, 7) is 13.0. The van der Waals surface area contributed by atoms with Crippen molar-refractivity contribution in [2.24, 2.45) is 4.99 Å². The van der Waals surface area contributed by atoms with E-state index in [1.54, 1.807) is 0 Å². The lowest BCUT2D eigenvalue weighted by Crippen LogP contribution is -2.32. The normalized spacial score (nSPS) is 10.9. The van der Waals surface area contributed by atoms with E-state index in [9.17, 15) is 0 Å². The Balaban J connectivity index is 3.49. The molecule has 0 rings (SSSR count). The van der Waals surface area contributed by atoms with Crippen LogP contribution in [-0.2, 0) is 0 Å². The van der Waals surface area contributed by atoms with Gasteiger partial charge in [-0.15, -0.1) is 0 Å². The second kappa shape index (κ2) is 5.42. The summed E-state index contributed by atoms with van der Waals surface area (Å²) in [7, 11) is 0. The molecule has 0 N–H and O–H groups in total. The van der Waals surface area contributed by atoms with Crippen LogP contribution in [0.15, 0.2) is 4.99 Å². The maximum absolute atomic E-state index is 3.81. The zero-order valence-corrected chi connectivity index (χ0v) is 7.30. The maximum Gasteiger partial charge on any atom is 0.0509 e. The first-order valence-electron chi connectivity index (χ1n) is 3.88. The van der Waals surface area contributed by atoms with Crippen molar-refractivity contribution in [3.8, 4) is 0 Å². The first-order chi connectivity index (χ1) is 4.72. The zero-order chi connectivity index (χ0) is 7.98. The fraction of sp³-hybridized carbons (Fsp3) is 0.875. The molecule has 0 amide bonds. The lowest BCUT2D eigenvalue weighted by atomic mass is 10.3. The van der Waals surface area contributed by atoms with Gasteiger partial charge in [0.15, 0.2) is 0 Å². The van der Waals surface area contributed by atoms with Crippen LogP contribution in [0.2, 0.25) is 0 Å². The van der Waals surface area contributed by atoms with Crippen molar-refractivity contribution in [3.63, 3.8) is 0 Å². The monoisotopic (exact) mass is 142 g/mol. The Morgan fingerprint density at radius 1 is 1.50 bits per heavy atom. The van der Waals surface area contributed by atoms with E-state index < -0.39 is 0 Å². The summed E-state index contributed by atoms with van der Waals surface area (Å²) in [4.78, 5) is 6.18. The Labute approximate surface area is 63.9 Å². The fourth-order valence-electron chi connectivity index (χ4n) is 0.981. The van der Waals surface area contributed by atoms with Gasteiger partial charge in [-0.2, -0.15) is 0 Å². The van der Waals surface area contributed by atoms with Crippen molar-refractivity contribution in [3.05, 3.63) is 0 Å². The van der Waals surface area contributed by atoms with Crippen LogP contribution in [0.4, 0.5) is 0 Å². The molecule has 0 spiro atoms. The van der Waals surface area contributed by atoms with Gasteiger partial charge in [0, 0.05) is 12.6 Å². The molecule has 0 aromatic rings. The van der Waals surface area contributed by atoms with Gasteiger partial charge in [-0.25, -0.2) is 0 Å². The second-order valence-corrected chi connectivity index (χ2v) is 2.67. The van der Waals surface area contributed by atoms with Gasteiger partial charge < -0.3 is 0 Å². The maximum atomic E-state index is 3.81. The summed E-state index contributed by atoms with van der Waals surface area (Å²) in [5.74, 6) is 0. The second-order valence-electron chi connectivity index (χ2n) is 2.67. The number of hydrogen-bond donors (Lipinski definition) is 0. The minimum atomic E-state index is 0.631. The van der Waals surface area contributed by atoms with Gasteiger partial charge in [0.1, 0.15) is 0 Å². The van der Waals surface area contributed by atoms with E-state index in [0.29, 0.717) is 6.04 Å². The number of likely N-dealkylation sites (N-methyl/N-ethyl adjacent to an activating group) is 1. The predicted molar refractivity (Wildman–Crippen MR) is 46.8 cm³/mol. The third kappa shape index (κ3) is 3.62. The van der Waals surface area contributed by atoms with Gasteiger partial charge in [-0.05, 0) is 27.1 Å². The van der Waals surface area contributed by atoms with Crippen molar-refractivity contribution in [2.75, 3.05) is 19.6 Å². The Morgan fingerprint density at radius 2 is 2.10 bits per heavy atom. The summed E-state index contributed by atoms with van der Waals surface area (Å²) in [6.07, 6.45) is 0. The molecule has 0 aliphatic rings. The van der Waals surface area contributed by atoms with E-state index in [-0.39, 0.29) is 0 Å². The molecule has 10 heavy (non-hydrogen) atoms. The van der Waals surface area contributed by atoms with Crippen molar-refractivity contribution >= 4 is 6.72 Å². The fourth-order valence-corrected chi connectivity index (χ4v) is 0.981. The van der Waals surface area contributed by atoms with Gasteiger partial charge >= 0.3 is 0 Å². The van der Waals surface area contributed by atoms with E-state index in [4.69, 9.17) is 0 Å². The van der Waals surface area contributed by atoms with Crippen LogP contribution >= 0.6 is 0 Å². The van der Waals surface area contributed by atoms with Gasteiger partial charge in [0.05, 0.1) is 6.54 Å². The molecule has 0 atom stereocenters. The van der Waals surface area contributed by atoms with E-state index in [1.165, 1.54) is 0 Å². The number of hydrogen-bond acceptors (Lipinski definition) is 2. The highest BCUT2D eigenvalue weighted by atomic mass is 15.1. The average Bonchev–Trinajstić information content (AvgIpc) is 1.89. The molecule has 0 saturated heterocycles. The minimum absolute atomic E-state index is 0.631. The van der Waals surface area contributed by atoms with Gasteiger partial charge in [0.2, 0.25) is 0 Å². The molecule has 0 aromatic carbocycles. The van der Waals surface area contributed by atoms with Gasteiger partial charge in [-0.1, -0.05) is 6.92 Å². The molecule has 0 aliphatic carbocycles. The molecule has 0 aromatic heterocycles. The van der Waals surface area contributed by atoms with E-state index in [2.05, 4.69) is 37.4 Å². The average molecular weight is 142 g/mol. The Hall–Kier alpha value is -0.370. The van der Waals surface area contributed by atoms with Crippen molar-refractivity contribution < 1.29 is 0 Å². The van der Waals surface area contributed by atoms with Crippen molar-refractivity contribution in [1.82, 2.24) is 4.90 Å². The van der Waals surface area contributed by atoms with Gasteiger partial charge in [-0.3, -0.25) is 9.89 Å². The third-order valence-electron chi connectivity index (χ3n) is 1.68. The molecule has 0 fully saturated rings. The molecule has 2 nitrogen and oxygen atoms in total. The van der Waals surface area contributed by atoms with Crippen LogP contribution in [0.25, 0.3) is 0 Å². The molecule has 0 bridgehead atoms. The standard InChI is InChI=1S/C8H18N2/c1-5-10(8(2)3)7-6-9-4/h8H,4-7H2,1-3H3. The quantitative estimate of drug-likeness (QED) is 0.530. The smallest absolute Gasteiger partial charge is 0.0509 e. The molecular weight excluding hydrogens is 124 g/mol. The SMILES string of the molecule is C=NCCN(CC)C(C)C. The summed E-state index contributed by atoms with van der Waals surface area (Å²) in [5, 5.41) is 0. The highest BCUT2D eigenvalue weighted by Crippen LogP contribution is 1.95. The minimum Gasteiger partial charge on any atom is -0.300 e. The summed E-state index contributed by atoms with van der Waals surface area (Å²) < 4.78 is 0.